The molecule has 0 aliphatic carbocycles. The zero-order chi connectivity index (χ0) is 10.1. The van der Waals surface area contributed by atoms with E-state index < -0.39 is 0 Å². The van der Waals surface area contributed by atoms with E-state index in [1.165, 1.54) is 0 Å². The summed E-state index contributed by atoms with van der Waals surface area (Å²) in [7, 11) is 0. The summed E-state index contributed by atoms with van der Waals surface area (Å²) < 4.78 is 0. The second kappa shape index (κ2) is 3.38. The van der Waals surface area contributed by atoms with Gasteiger partial charge in [0.2, 0.25) is 0 Å². The van der Waals surface area contributed by atoms with Crippen molar-refractivity contribution in [2.75, 3.05) is 0 Å². The van der Waals surface area contributed by atoms with Gasteiger partial charge in [-0.2, -0.15) is 5.10 Å². The Hall–Kier alpha value is -1.42. The van der Waals surface area contributed by atoms with Gasteiger partial charge in [-0.3, -0.25) is 5.10 Å². The third-order valence-corrected chi connectivity index (χ3v) is 2.49. The third kappa shape index (κ3) is 1.48. The van der Waals surface area contributed by atoms with Crippen molar-refractivity contribution in [1.29, 1.82) is 0 Å². The van der Waals surface area contributed by atoms with Crippen LogP contribution in [0.3, 0.4) is 0 Å². The molecule has 0 fully saturated rings. The number of rotatable bonds is 1. The average molecular weight is 206 g/mol. The second-order valence-electron chi connectivity index (χ2n) is 3.11. The van der Waals surface area contributed by atoms with E-state index in [0.29, 0.717) is 4.90 Å². The summed E-state index contributed by atoms with van der Waals surface area (Å²) in [5, 5.41) is 16.3. The Labute approximate surface area is 87.2 Å². The van der Waals surface area contributed by atoms with Crippen molar-refractivity contribution >= 4 is 12.6 Å². The van der Waals surface area contributed by atoms with Crippen molar-refractivity contribution in [3.8, 4) is 16.9 Å². The van der Waals surface area contributed by atoms with E-state index in [1.807, 2.05) is 13.0 Å². The number of phenols is 1. The fraction of sp³-hybridized carbons (Fsp3) is 0.100. The van der Waals surface area contributed by atoms with Gasteiger partial charge in [0.1, 0.15) is 5.75 Å². The molecule has 0 unspecified atom stereocenters. The van der Waals surface area contributed by atoms with Crippen molar-refractivity contribution in [3.05, 3.63) is 30.1 Å². The lowest BCUT2D eigenvalue weighted by Crippen LogP contribution is -1.79. The number of aromatic amines is 1. The summed E-state index contributed by atoms with van der Waals surface area (Å²) >= 11 is 4.09. The highest BCUT2D eigenvalue weighted by atomic mass is 32.1. The molecule has 2 N–H and O–H groups in total. The van der Waals surface area contributed by atoms with Crippen LogP contribution in [-0.4, -0.2) is 15.3 Å². The minimum Gasteiger partial charge on any atom is -0.507 e. The Morgan fingerprint density at radius 2 is 2.21 bits per heavy atom. The molecule has 72 valence electrons. The summed E-state index contributed by atoms with van der Waals surface area (Å²) in [6.45, 7) is 1.94. The molecule has 2 rings (SSSR count). The Kier molecular flexibility index (Phi) is 2.21. The summed E-state index contributed by atoms with van der Waals surface area (Å²) in [5.74, 6) is 0.187. The predicted molar refractivity (Wildman–Crippen MR) is 57.7 cm³/mol. The summed E-state index contributed by atoms with van der Waals surface area (Å²) in [5.41, 5.74) is 2.91. The highest BCUT2D eigenvalue weighted by molar-refractivity contribution is 7.80. The van der Waals surface area contributed by atoms with Gasteiger partial charge >= 0.3 is 0 Å². The Morgan fingerprint density at radius 1 is 1.43 bits per heavy atom. The van der Waals surface area contributed by atoms with Crippen LogP contribution in [0.15, 0.2) is 29.3 Å². The number of benzene rings is 1. The number of phenolic OH excluding ortho intramolecular Hbond substituents is 1. The van der Waals surface area contributed by atoms with Gasteiger partial charge in [0.15, 0.2) is 0 Å². The van der Waals surface area contributed by atoms with Crippen LogP contribution in [0.2, 0.25) is 0 Å². The minimum absolute atomic E-state index is 0.187. The van der Waals surface area contributed by atoms with Crippen molar-refractivity contribution in [3.63, 3.8) is 0 Å². The summed E-state index contributed by atoms with van der Waals surface area (Å²) in [6.07, 6.45) is 1.74. The molecular formula is C10H10N2OS. The molecule has 1 aromatic carbocycles. The number of aromatic hydroxyl groups is 1. The second-order valence-corrected chi connectivity index (χ2v) is 3.59. The van der Waals surface area contributed by atoms with Gasteiger partial charge in [-0.1, -0.05) is 6.07 Å². The monoisotopic (exact) mass is 206 g/mol. The lowest BCUT2D eigenvalue weighted by molar-refractivity contribution is 0.463. The van der Waals surface area contributed by atoms with E-state index >= 15 is 0 Å². The number of hydrogen-bond donors (Lipinski definition) is 3. The molecule has 4 heteroatoms. The van der Waals surface area contributed by atoms with Gasteiger partial charge in [-0.05, 0) is 24.6 Å². The quantitative estimate of drug-likeness (QED) is 0.627. The highest BCUT2D eigenvalue weighted by Crippen LogP contribution is 2.29. The van der Waals surface area contributed by atoms with Crippen LogP contribution >= 0.6 is 12.6 Å². The van der Waals surface area contributed by atoms with Crippen LogP contribution in [0.1, 0.15) is 5.69 Å². The van der Waals surface area contributed by atoms with Crippen LogP contribution in [0.4, 0.5) is 0 Å². The number of thiol groups is 1. The molecule has 0 amide bonds. The largest absolute Gasteiger partial charge is 0.507 e. The van der Waals surface area contributed by atoms with Crippen molar-refractivity contribution in [2.45, 2.75) is 11.8 Å². The van der Waals surface area contributed by atoms with E-state index in [4.69, 9.17) is 0 Å². The van der Waals surface area contributed by atoms with Crippen LogP contribution in [0.25, 0.3) is 11.1 Å². The van der Waals surface area contributed by atoms with Crippen molar-refractivity contribution in [2.24, 2.45) is 0 Å². The smallest absolute Gasteiger partial charge is 0.129 e. The van der Waals surface area contributed by atoms with E-state index in [-0.39, 0.29) is 5.75 Å². The molecule has 0 spiro atoms. The topological polar surface area (TPSA) is 48.9 Å². The first-order valence-electron chi connectivity index (χ1n) is 4.21. The molecule has 0 atom stereocenters. The average Bonchev–Trinajstić information content (AvgIpc) is 2.57. The Bertz CT molecular complexity index is 465. The molecule has 3 nitrogen and oxygen atoms in total. The lowest BCUT2D eigenvalue weighted by Gasteiger charge is -2.02. The van der Waals surface area contributed by atoms with Gasteiger partial charge in [-0.15, -0.1) is 12.6 Å². The maximum Gasteiger partial charge on any atom is 0.129 e. The lowest BCUT2D eigenvalue weighted by atomic mass is 10.1. The summed E-state index contributed by atoms with van der Waals surface area (Å²) in [6, 6.07) is 5.35. The normalized spacial score (nSPS) is 10.4. The molecule has 0 aliphatic heterocycles. The van der Waals surface area contributed by atoms with Gasteiger partial charge in [-0.25, -0.2) is 0 Å². The van der Waals surface area contributed by atoms with Gasteiger partial charge < -0.3 is 5.11 Å². The molecular weight excluding hydrogens is 196 g/mol. The minimum atomic E-state index is 0.187. The standard InChI is InChI=1S/C10H10N2OS/c1-6-8(5-11-12-6)7-2-3-10(14)9(13)4-7/h2-5,13-14H,1H3,(H,11,12). The molecule has 0 saturated carbocycles. The number of nitrogens with zero attached hydrogens (tertiary/aromatic N) is 1. The number of nitrogens with one attached hydrogen (secondary N) is 1. The molecule has 0 saturated heterocycles. The van der Waals surface area contributed by atoms with E-state index in [9.17, 15) is 5.11 Å². The van der Waals surface area contributed by atoms with Crippen molar-refractivity contribution < 1.29 is 5.11 Å². The van der Waals surface area contributed by atoms with Crippen molar-refractivity contribution in [1.82, 2.24) is 10.2 Å². The Balaban J connectivity index is 2.53. The zero-order valence-corrected chi connectivity index (χ0v) is 8.55. The molecule has 0 aliphatic rings. The third-order valence-electron chi connectivity index (χ3n) is 2.12. The van der Waals surface area contributed by atoms with E-state index in [0.717, 1.165) is 16.8 Å². The predicted octanol–water partition coefficient (Wildman–Crippen LogP) is 2.38. The zero-order valence-electron chi connectivity index (χ0n) is 7.65. The molecule has 1 aromatic heterocycles. The van der Waals surface area contributed by atoms with Gasteiger partial charge in [0, 0.05) is 16.2 Å². The highest BCUT2D eigenvalue weighted by Gasteiger charge is 2.05. The molecule has 2 aromatic rings. The van der Waals surface area contributed by atoms with Crippen LogP contribution < -0.4 is 0 Å². The van der Waals surface area contributed by atoms with E-state index in [2.05, 4.69) is 22.8 Å². The molecule has 14 heavy (non-hydrogen) atoms. The fourth-order valence-electron chi connectivity index (χ4n) is 1.33. The molecule has 1 heterocycles. The van der Waals surface area contributed by atoms with E-state index in [1.54, 1.807) is 18.3 Å². The molecule has 0 radical (unpaired) electrons. The number of H-pyrrole nitrogens is 1. The van der Waals surface area contributed by atoms with Crippen LogP contribution in [0.5, 0.6) is 5.75 Å². The first-order chi connectivity index (χ1) is 6.68. The number of aromatic nitrogens is 2. The summed E-state index contributed by atoms with van der Waals surface area (Å²) in [4.78, 5) is 0.579. The fourth-order valence-corrected chi connectivity index (χ4v) is 1.47. The SMILES string of the molecule is Cc1[nH]ncc1-c1ccc(S)c(O)c1. The van der Waals surface area contributed by atoms with Gasteiger partial charge in [0.05, 0.1) is 6.20 Å². The van der Waals surface area contributed by atoms with Crippen LogP contribution in [-0.2, 0) is 0 Å². The first kappa shape index (κ1) is 9.15. The maximum absolute atomic E-state index is 9.48. The maximum atomic E-state index is 9.48. The first-order valence-corrected chi connectivity index (χ1v) is 4.65. The Morgan fingerprint density at radius 3 is 2.79 bits per heavy atom. The van der Waals surface area contributed by atoms with Gasteiger partial charge in [0.25, 0.3) is 0 Å². The number of hydrogen-bond acceptors (Lipinski definition) is 3. The number of aryl methyl sites for hydroxylation is 1. The molecule has 0 bridgehead atoms. The van der Waals surface area contributed by atoms with Crippen LogP contribution in [0, 0.1) is 6.92 Å².